The van der Waals surface area contributed by atoms with Crippen molar-refractivity contribution in [3.05, 3.63) is 0 Å². The van der Waals surface area contributed by atoms with Gasteiger partial charge in [-0.1, -0.05) is 0 Å². The van der Waals surface area contributed by atoms with Gasteiger partial charge in [0.15, 0.2) is 0 Å². The van der Waals surface area contributed by atoms with Gasteiger partial charge in [-0.3, -0.25) is 0 Å². The standard InChI is InChI=1S/C3H7O.2ClH.Fe/c1-3(2)4;;;/h3H,1-2H3;2*1H;/q-1;;;+3/p-2. The summed E-state index contributed by atoms with van der Waals surface area (Å²) in [5, 5.41) is 0. The van der Waals surface area contributed by atoms with Crippen molar-refractivity contribution in [1.29, 1.82) is 0 Å². The first kappa shape index (κ1) is 15.7. The van der Waals surface area contributed by atoms with Gasteiger partial charge in [-0.2, -0.15) is 0 Å². The fourth-order valence-corrected chi connectivity index (χ4v) is 0. The smallest absolute Gasteiger partial charge is 1.00 e. The summed E-state index contributed by atoms with van der Waals surface area (Å²) in [6.45, 7) is 3.88. The molecule has 0 bridgehead atoms. The van der Waals surface area contributed by atoms with Crippen LogP contribution in [0.4, 0.5) is 0 Å². The van der Waals surface area contributed by atoms with Crippen molar-refractivity contribution in [2.75, 3.05) is 0 Å². The number of rotatable bonds is 1. The molecular formula is C3H7Cl2FeO. The van der Waals surface area contributed by atoms with E-state index < -0.39 is 0 Å². The van der Waals surface area contributed by atoms with Crippen LogP contribution in [0.15, 0.2) is 0 Å². The van der Waals surface area contributed by atoms with Crippen molar-refractivity contribution in [2.45, 2.75) is 20.0 Å². The van der Waals surface area contributed by atoms with E-state index in [4.69, 9.17) is 0 Å². The summed E-state index contributed by atoms with van der Waals surface area (Å²) in [5.41, 5.74) is 0. The molecule has 0 amide bonds. The van der Waals surface area contributed by atoms with Gasteiger partial charge >= 0.3 is 40.1 Å². The second kappa shape index (κ2) is 10.1. The molecule has 0 spiro atoms. The molecule has 0 N–H and O–H groups in total. The normalized spacial score (nSPS) is 6.71. The summed E-state index contributed by atoms with van der Waals surface area (Å²) >= 11 is 3.19. The minimum atomic E-state index is 0. The third-order valence-corrected chi connectivity index (χ3v) is 0.687. The Kier molecular flexibility index (Phi) is 22.7. The Labute approximate surface area is 65.2 Å². The first-order valence-corrected chi connectivity index (χ1v) is 1.99. The van der Waals surface area contributed by atoms with Gasteiger partial charge in [0, 0.05) is 0 Å². The van der Waals surface area contributed by atoms with Crippen LogP contribution in [0.5, 0.6) is 0 Å². The molecule has 0 rings (SSSR count). The second-order valence-corrected chi connectivity index (χ2v) is 1.39. The number of halogens is 2. The molecule has 4 heteroatoms. The average molecular weight is 186 g/mol. The zero-order valence-corrected chi connectivity index (χ0v) is 6.71. The Balaban J connectivity index is -0.0000000800. The number of hydrogen-bond acceptors (Lipinski definition) is 1. The molecule has 0 unspecified atom stereocenters. The summed E-state index contributed by atoms with van der Waals surface area (Å²) in [4.78, 5) is 0. The summed E-state index contributed by atoms with van der Waals surface area (Å²) in [6.07, 6.45) is 0.273. The Hall–Kier alpha value is 1.06. The van der Waals surface area contributed by atoms with Gasteiger partial charge in [-0.15, -0.1) is 0 Å². The average Bonchev–Trinajstić information content (AvgIpc) is 1.38. The van der Waals surface area contributed by atoms with Gasteiger partial charge in [-0.05, 0) is 0 Å². The van der Waals surface area contributed by atoms with Crippen LogP contribution in [0, 0.1) is 0 Å². The molecule has 7 heavy (non-hydrogen) atoms. The van der Waals surface area contributed by atoms with E-state index in [0.29, 0.717) is 0 Å². The third-order valence-electron chi connectivity index (χ3n) is 0.167. The Morgan fingerprint density at radius 2 is 1.43 bits per heavy atom. The minimum absolute atomic E-state index is 0. The summed E-state index contributed by atoms with van der Waals surface area (Å²) < 4.78 is 4.50. The second-order valence-electron chi connectivity index (χ2n) is 1.13. The topological polar surface area (TPSA) is 9.23 Å². The molecule has 0 radical (unpaired) electrons. The molecule has 1 nitrogen and oxygen atoms in total. The van der Waals surface area contributed by atoms with Crippen molar-refractivity contribution >= 4 is 0 Å². The molecule has 0 aliphatic rings. The zero-order chi connectivity index (χ0) is 4.28. The predicted octanol–water partition coefficient (Wildman–Crippen LogP) is -5.12. The van der Waals surface area contributed by atoms with Crippen molar-refractivity contribution in [3.63, 3.8) is 0 Å². The molecule has 0 aromatic rings. The molecule has 0 aromatic heterocycles. The van der Waals surface area contributed by atoms with Crippen LogP contribution in [0.25, 0.3) is 0 Å². The Bertz CT molecular complexity index is 26.9. The molecule has 47 valence electrons. The van der Waals surface area contributed by atoms with Gasteiger partial charge < -0.3 is 24.8 Å². The van der Waals surface area contributed by atoms with E-state index in [9.17, 15) is 0 Å². The van der Waals surface area contributed by atoms with Gasteiger partial charge in [0.25, 0.3) is 0 Å². The van der Waals surface area contributed by atoms with Gasteiger partial charge in [0.1, 0.15) is 0 Å². The molecule has 0 heterocycles. The van der Waals surface area contributed by atoms with Gasteiger partial charge in [0.2, 0.25) is 0 Å². The van der Waals surface area contributed by atoms with Crippen LogP contribution in [-0.4, -0.2) is 6.10 Å². The Morgan fingerprint density at radius 3 is 1.43 bits per heavy atom. The molecule has 0 aliphatic carbocycles. The summed E-state index contributed by atoms with van der Waals surface area (Å²) in [6, 6.07) is 0. The third kappa shape index (κ3) is 19.3. The molecular weight excluding hydrogens is 179 g/mol. The molecule has 0 saturated heterocycles. The van der Waals surface area contributed by atoms with E-state index >= 15 is 0 Å². The first-order chi connectivity index (χ1) is 2.27. The van der Waals surface area contributed by atoms with Gasteiger partial charge in [-0.25, -0.2) is 0 Å². The Morgan fingerprint density at radius 1 is 1.29 bits per heavy atom. The van der Waals surface area contributed by atoms with E-state index in [1.54, 1.807) is 0 Å². The number of hydrogen-bond donors (Lipinski definition) is 0. The maximum absolute atomic E-state index is 4.50. The van der Waals surface area contributed by atoms with Crippen molar-refractivity contribution in [2.24, 2.45) is 0 Å². The van der Waals surface area contributed by atoms with Crippen molar-refractivity contribution < 1.29 is 45.0 Å². The molecule has 0 aromatic carbocycles. The first-order valence-electron chi connectivity index (χ1n) is 1.53. The van der Waals surface area contributed by atoms with Crippen molar-refractivity contribution in [3.8, 4) is 0 Å². The molecule has 0 fully saturated rings. The van der Waals surface area contributed by atoms with Crippen LogP contribution in [0.2, 0.25) is 0 Å². The zero-order valence-electron chi connectivity index (χ0n) is 4.10. The molecule has 0 saturated carbocycles. The molecule has 0 aliphatic heterocycles. The van der Waals surface area contributed by atoms with E-state index in [1.165, 1.54) is 0 Å². The summed E-state index contributed by atoms with van der Waals surface area (Å²) in [7, 11) is 0. The van der Waals surface area contributed by atoms with E-state index in [-0.39, 0.29) is 30.9 Å². The van der Waals surface area contributed by atoms with Crippen LogP contribution in [-0.2, 0) is 20.2 Å². The van der Waals surface area contributed by atoms with Gasteiger partial charge in [0.05, 0.1) is 0 Å². The van der Waals surface area contributed by atoms with E-state index in [2.05, 4.69) is 20.2 Å². The fraction of sp³-hybridized carbons (Fsp3) is 1.00. The van der Waals surface area contributed by atoms with E-state index in [0.717, 1.165) is 0 Å². The van der Waals surface area contributed by atoms with Crippen LogP contribution in [0.1, 0.15) is 13.8 Å². The van der Waals surface area contributed by atoms with E-state index in [1.807, 2.05) is 13.8 Å². The predicted molar refractivity (Wildman–Crippen MR) is 16.2 cm³/mol. The summed E-state index contributed by atoms with van der Waals surface area (Å²) in [5.74, 6) is 0. The van der Waals surface area contributed by atoms with Crippen LogP contribution >= 0.6 is 0 Å². The van der Waals surface area contributed by atoms with Crippen LogP contribution in [0.3, 0.4) is 0 Å². The maximum Gasteiger partial charge on any atom is -1.00 e. The monoisotopic (exact) mass is 185 g/mol. The minimum Gasteiger partial charge on any atom is -1.00 e. The SMILES string of the molecule is CC(C)[O][Fe+2].[Cl-].[Cl-]. The van der Waals surface area contributed by atoms with Crippen molar-refractivity contribution in [1.82, 2.24) is 0 Å². The van der Waals surface area contributed by atoms with Crippen LogP contribution < -0.4 is 24.8 Å². The fourth-order valence-electron chi connectivity index (χ4n) is 0. The largest absolute Gasteiger partial charge is 1.00 e. The molecule has 0 atom stereocenters. The maximum atomic E-state index is 4.50. The quantitative estimate of drug-likeness (QED) is 0.372.